The van der Waals surface area contributed by atoms with E-state index in [0.717, 1.165) is 18.5 Å². The summed E-state index contributed by atoms with van der Waals surface area (Å²) in [6, 6.07) is 10.5. The van der Waals surface area contributed by atoms with E-state index < -0.39 is 12.0 Å². The molecule has 0 amide bonds. The van der Waals surface area contributed by atoms with E-state index in [1.54, 1.807) is 24.5 Å². The number of rotatable bonds is 6. The smallest absolute Gasteiger partial charge is 0.338 e. The van der Waals surface area contributed by atoms with Crippen LogP contribution in [0.3, 0.4) is 0 Å². The highest BCUT2D eigenvalue weighted by Gasteiger charge is 2.34. The summed E-state index contributed by atoms with van der Waals surface area (Å²) in [5.74, 6) is 0.209. The topological polar surface area (TPSA) is 69.9 Å². The Hall–Kier alpha value is -1.70. The number of hydrogen-bond donors (Lipinski definition) is 0. The van der Waals surface area contributed by atoms with Gasteiger partial charge in [-0.3, -0.25) is 9.36 Å². The molecule has 6 nitrogen and oxygen atoms in total. The number of benzene rings is 2. The van der Waals surface area contributed by atoms with Gasteiger partial charge in [0.2, 0.25) is 0 Å². The van der Waals surface area contributed by atoms with Gasteiger partial charge in [-0.25, -0.2) is 9.79 Å². The molecule has 0 N–H and O–H groups in total. The zero-order valence-corrected chi connectivity index (χ0v) is 25.9. The zero-order chi connectivity index (χ0) is 26.1. The fourth-order valence-corrected chi connectivity index (χ4v) is 7.26. The maximum absolute atomic E-state index is 13.9. The van der Waals surface area contributed by atoms with Gasteiger partial charge in [0.1, 0.15) is 11.8 Å². The van der Waals surface area contributed by atoms with Gasteiger partial charge in [0.05, 0.1) is 32.1 Å². The second-order valence-electron chi connectivity index (χ2n) is 8.30. The number of fused-ring (bicyclic) bond motifs is 1. The molecular formula is C26H23ClI2N2O4S. The molecule has 0 bridgehead atoms. The quantitative estimate of drug-likeness (QED) is 0.249. The third-order valence-electron chi connectivity index (χ3n) is 5.39. The lowest BCUT2D eigenvalue weighted by Crippen LogP contribution is -2.40. The van der Waals surface area contributed by atoms with Crippen LogP contribution in [-0.4, -0.2) is 23.2 Å². The Bertz CT molecular complexity index is 1560. The number of allylic oxidation sites excluding steroid dienone is 1. The fourth-order valence-electron chi connectivity index (χ4n) is 3.97. The summed E-state index contributed by atoms with van der Waals surface area (Å²) in [6.07, 6.45) is 1.81. The normalized spacial score (nSPS) is 15.7. The molecule has 1 aliphatic rings. The largest absolute Gasteiger partial charge is 0.489 e. The van der Waals surface area contributed by atoms with Crippen LogP contribution >= 0.6 is 68.1 Å². The number of hydrogen-bond acceptors (Lipinski definition) is 6. The number of esters is 1. The van der Waals surface area contributed by atoms with Gasteiger partial charge in [0, 0.05) is 14.2 Å². The summed E-state index contributed by atoms with van der Waals surface area (Å²) < 4.78 is 15.4. The summed E-state index contributed by atoms with van der Waals surface area (Å²) in [7, 11) is 0. The highest BCUT2D eigenvalue weighted by atomic mass is 127. The average molecular weight is 749 g/mol. The third-order valence-corrected chi connectivity index (χ3v) is 8.15. The number of carbonyl (C=O) groups is 1. The predicted molar refractivity (Wildman–Crippen MR) is 159 cm³/mol. The Morgan fingerprint density at radius 3 is 2.67 bits per heavy atom. The maximum Gasteiger partial charge on any atom is 0.338 e. The van der Waals surface area contributed by atoms with E-state index in [2.05, 4.69) is 50.2 Å². The summed E-state index contributed by atoms with van der Waals surface area (Å²) in [5, 5.41) is 0.452. The summed E-state index contributed by atoms with van der Waals surface area (Å²) in [5.41, 5.74) is 1.98. The highest BCUT2D eigenvalue weighted by Crippen LogP contribution is 2.34. The summed E-state index contributed by atoms with van der Waals surface area (Å²) in [6.45, 7) is 7.64. The molecule has 10 heteroatoms. The molecule has 0 saturated heterocycles. The molecule has 188 valence electrons. The van der Waals surface area contributed by atoms with Crippen molar-refractivity contribution in [2.45, 2.75) is 39.8 Å². The number of nitrogens with zero attached hydrogens (tertiary/aromatic N) is 2. The minimum atomic E-state index is -0.751. The van der Waals surface area contributed by atoms with Crippen LogP contribution in [0.2, 0.25) is 5.02 Å². The van der Waals surface area contributed by atoms with Gasteiger partial charge in [-0.2, -0.15) is 0 Å². The molecular weight excluding hydrogens is 726 g/mol. The first-order chi connectivity index (χ1) is 17.1. The van der Waals surface area contributed by atoms with Crippen molar-refractivity contribution in [3.05, 3.63) is 90.6 Å². The molecule has 0 radical (unpaired) electrons. The van der Waals surface area contributed by atoms with Crippen LogP contribution < -0.4 is 19.6 Å². The van der Waals surface area contributed by atoms with E-state index in [0.29, 0.717) is 31.2 Å². The molecule has 3 aromatic rings. The van der Waals surface area contributed by atoms with Gasteiger partial charge in [0.25, 0.3) is 5.56 Å². The van der Waals surface area contributed by atoms with E-state index in [1.165, 1.54) is 11.3 Å². The SMILES string of the molecule is CCOC(=O)C1=C(C)N=c2s/c(=C\c3cc(I)cc(I)c3OC(C)C)c(=O)n2[C@@H]1c1ccccc1Cl. The van der Waals surface area contributed by atoms with E-state index >= 15 is 0 Å². The maximum atomic E-state index is 13.9. The first-order valence-corrected chi connectivity index (χ1v) is 14.6. The number of halogens is 3. The Morgan fingerprint density at radius 2 is 2.00 bits per heavy atom. The minimum Gasteiger partial charge on any atom is -0.489 e. The molecule has 2 aromatic carbocycles. The molecule has 0 saturated carbocycles. The van der Waals surface area contributed by atoms with E-state index in [1.807, 2.05) is 50.3 Å². The number of aromatic nitrogens is 1. The first-order valence-electron chi connectivity index (χ1n) is 11.2. The van der Waals surface area contributed by atoms with E-state index in [-0.39, 0.29) is 18.3 Å². The second-order valence-corrected chi connectivity index (χ2v) is 12.1. The van der Waals surface area contributed by atoms with Crippen LogP contribution in [0, 0.1) is 7.14 Å². The minimum absolute atomic E-state index is 0.0260. The lowest BCUT2D eigenvalue weighted by molar-refractivity contribution is -0.139. The number of thiazole rings is 1. The van der Waals surface area contributed by atoms with Crippen molar-refractivity contribution in [2.75, 3.05) is 6.61 Å². The second kappa shape index (κ2) is 11.4. The lowest BCUT2D eigenvalue weighted by atomic mass is 9.96. The molecule has 1 atom stereocenters. The lowest BCUT2D eigenvalue weighted by Gasteiger charge is -2.25. The van der Waals surface area contributed by atoms with Crippen molar-refractivity contribution < 1.29 is 14.3 Å². The monoisotopic (exact) mass is 748 g/mol. The Balaban J connectivity index is 1.99. The van der Waals surface area contributed by atoms with Gasteiger partial charge >= 0.3 is 5.97 Å². The van der Waals surface area contributed by atoms with Crippen molar-refractivity contribution in [1.82, 2.24) is 4.57 Å². The zero-order valence-electron chi connectivity index (χ0n) is 20.0. The van der Waals surface area contributed by atoms with Crippen LogP contribution in [0.25, 0.3) is 6.08 Å². The number of ether oxygens (including phenoxy) is 2. The summed E-state index contributed by atoms with van der Waals surface area (Å²) >= 11 is 12.3. The first kappa shape index (κ1) is 27.3. The van der Waals surface area contributed by atoms with Gasteiger partial charge in [0.15, 0.2) is 4.80 Å². The molecule has 1 aromatic heterocycles. The van der Waals surface area contributed by atoms with Crippen molar-refractivity contribution in [3.8, 4) is 5.75 Å². The van der Waals surface area contributed by atoms with Gasteiger partial charge in [-0.05, 0) is 103 Å². The number of carbonyl (C=O) groups excluding carboxylic acids is 1. The Labute approximate surface area is 245 Å². The molecule has 2 heterocycles. The van der Waals surface area contributed by atoms with Crippen LogP contribution in [-0.2, 0) is 9.53 Å². The van der Waals surface area contributed by atoms with Crippen molar-refractivity contribution in [1.29, 1.82) is 0 Å². The molecule has 0 unspecified atom stereocenters. The van der Waals surface area contributed by atoms with Gasteiger partial charge < -0.3 is 9.47 Å². The van der Waals surface area contributed by atoms with E-state index in [9.17, 15) is 9.59 Å². The van der Waals surface area contributed by atoms with Gasteiger partial charge in [-0.15, -0.1) is 0 Å². The average Bonchev–Trinajstić information content (AvgIpc) is 3.10. The predicted octanol–water partition coefficient (Wildman–Crippen LogP) is 5.45. The summed E-state index contributed by atoms with van der Waals surface area (Å²) in [4.78, 5) is 32.0. The molecule has 1 aliphatic heterocycles. The Kier molecular flexibility index (Phi) is 8.63. The van der Waals surface area contributed by atoms with Crippen LogP contribution in [0.5, 0.6) is 5.75 Å². The van der Waals surface area contributed by atoms with Crippen molar-refractivity contribution in [2.24, 2.45) is 4.99 Å². The third kappa shape index (κ3) is 5.44. The Morgan fingerprint density at radius 1 is 1.28 bits per heavy atom. The van der Waals surface area contributed by atoms with Crippen LogP contribution in [0.15, 0.2) is 57.5 Å². The fraction of sp³-hybridized carbons (Fsp3) is 0.269. The highest BCUT2D eigenvalue weighted by molar-refractivity contribution is 14.1. The van der Waals surface area contributed by atoms with Crippen LogP contribution in [0.4, 0.5) is 0 Å². The molecule has 0 fully saturated rings. The standard InChI is InChI=1S/C26H23ClI2N2O4S/c1-5-34-25(33)21-14(4)30-26-31(22(21)17-8-6-7-9-18(17)27)24(32)20(36-26)11-15-10-16(28)12-19(29)23(15)35-13(2)3/h6-13,22H,5H2,1-4H3/b20-11-/t22-/m1/s1. The molecule has 0 aliphatic carbocycles. The molecule has 36 heavy (non-hydrogen) atoms. The van der Waals surface area contributed by atoms with Gasteiger partial charge in [-0.1, -0.05) is 41.1 Å². The van der Waals surface area contributed by atoms with Crippen molar-refractivity contribution in [3.63, 3.8) is 0 Å². The molecule has 0 spiro atoms. The van der Waals surface area contributed by atoms with E-state index in [4.69, 9.17) is 21.1 Å². The van der Waals surface area contributed by atoms with Crippen molar-refractivity contribution >= 4 is 80.2 Å². The van der Waals surface area contributed by atoms with Crippen LogP contribution in [0.1, 0.15) is 44.9 Å². The molecule has 4 rings (SSSR count).